The zero-order chi connectivity index (χ0) is 12.9. The Balaban J connectivity index is 2.78. The molecule has 1 aromatic rings. The summed E-state index contributed by atoms with van der Waals surface area (Å²) in [5.41, 5.74) is 8.01. The molecule has 0 aliphatic rings. The SMILES string of the molecule is CCCCS(=O)(=O)Nc1ccc(CC)c(N)c1. The molecule has 17 heavy (non-hydrogen) atoms. The van der Waals surface area contributed by atoms with Gasteiger partial charge in [-0.15, -0.1) is 0 Å². The lowest BCUT2D eigenvalue weighted by molar-refractivity contribution is 0.598. The van der Waals surface area contributed by atoms with Crippen molar-refractivity contribution in [1.82, 2.24) is 0 Å². The van der Waals surface area contributed by atoms with Crippen LogP contribution in [0.5, 0.6) is 0 Å². The van der Waals surface area contributed by atoms with Gasteiger partial charge in [0.1, 0.15) is 0 Å². The lowest BCUT2D eigenvalue weighted by Gasteiger charge is -2.10. The van der Waals surface area contributed by atoms with Crippen LogP contribution in [-0.4, -0.2) is 14.2 Å². The van der Waals surface area contributed by atoms with Gasteiger partial charge in [-0.1, -0.05) is 26.3 Å². The fraction of sp³-hybridized carbons (Fsp3) is 0.500. The molecule has 0 amide bonds. The average Bonchev–Trinajstić information content (AvgIpc) is 2.26. The normalized spacial score (nSPS) is 11.4. The Hall–Kier alpha value is -1.23. The number of hydrogen-bond acceptors (Lipinski definition) is 3. The molecule has 5 heteroatoms. The van der Waals surface area contributed by atoms with Gasteiger partial charge in [0.2, 0.25) is 10.0 Å². The summed E-state index contributed by atoms with van der Waals surface area (Å²) in [5.74, 6) is 0.152. The number of unbranched alkanes of at least 4 members (excludes halogenated alkanes) is 1. The van der Waals surface area contributed by atoms with Crippen LogP contribution in [0.3, 0.4) is 0 Å². The van der Waals surface area contributed by atoms with Crippen molar-refractivity contribution in [2.45, 2.75) is 33.1 Å². The third-order valence-electron chi connectivity index (χ3n) is 2.57. The molecule has 1 aromatic carbocycles. The van der Waals surface area contributed by atoms with Crippen LogP contribution in [0.4, 0.5) is 11.4 Å². The fourth-order valence-corrected chi connectivity index (χ4v) is 2.80. The van der Waals surface area contributed by atoms with Crippen LogP contribution in [0.2, 0.25) is 0 Å². The van der Waals surface area contributed by atoms with Gasteiger partial charge in [0.25, 0.3) is 0 Å². The first-order valence-corrected chi connectivity index (χ1v) is 7.52. The van der Waals surface area contributed by atoms with Crippen LogP contribution in [0.25, 0.3) is 0 Å². The summed E-state index contributed by atoms with van der Waals surface area (Å²) in [5, 5.41) is 0. The van der Waals surface area contributed by atoms with E-state index in [1.54, 1.807) is 12.1 Å². The van der Waals surface area contributed by atoms with Gasteiger partial charge >= 0.3 is 0 Å². The summed E-state index contributed by atoms with van der Waals surface area (Å²) < 4.78 is 25.9. The molecule has 0 fully saturated rings. The van der Waals surface area contributed by atoms with Gasteiger partial charge in [0, 0.05) is 5.69 Å². The molecule has 0 atom stereocenters. The molecule has 0 spiro atoms. The summed E-state index contributed by atoms with van der Waals surface area (Å²) in [6.45, 7) is 3.97. The molecule has 0 aliphatic carbocycles. The standard InChI is InChI=1S/C12H20N2O2S/c1-3-5-8-17(15,16)14-11-7-6-10(4-2)12(13)9-11/h6-7,9,14H,3-5,8,13H2,1-2H3. The quantitative estimate of drug-likeness (QED) is 0.767. The van der Waals surface area contributed by atoms with Crippen molar-refractivity contribution in [2.24, 2.45) is 0 Å². The molecule has 0 bridgehead atoms. The van der Waals surface area contributed by atoms with Crippen molar-refractivity contribution in [3.05, 3.63) is 23.8 Å². The first-order valence-electron chi connectivity index (χ1n) is 5.87. The molecular formula is C12H20N2O2S. The van der Waals surface area contributed by atoms with E-state index in [1.807, 2.05) is 19.9 Å². The molecule has 4 nitrogen and oxygen atoms in total. The Kier molecular flexibility index (Phi) is 4.81. The predicted octanol–water partition coefficient (Wildman–Crippen LogP) is 2.37. The topological polar surface area (TPSA) is 72.2 Å². The van der Waals surface area contributed by atoms with E-state index in [0.717, 1.165) is 18.4 Å². The smallest absolute Gasteiger partial charge is 0.232 e. The molecule has 96 valence electrons. The van der Waals surface area contributed by atoms with E-state index < -0.39 is 10.0 Å². The van der Waals surface area contributed by atoms with Gasteiger partial charge in [-0.25, -0.2) is 8.42 Å². The third kappa shape index (κ3) is 4.26. The van der Waals surface area contributed by atoms with Crippen molar-refractivity contribution >= 4 is 21.4 Å². The van der Waals surface area contributed by atoms with Gasteiger partial charge in [-0.2, -0.15) is 0 Å². The maximum Gasteiger partial charge on any atom is 0.232 e. The fourth-order valence-electron chi connectivity index (χ4n) is 1.55. The van der Waals surface area contributed by atoms with Crippen LogP contribution in [-0.2, 0) is 16.4 Å². The Morgan fingerprint density at radius 2 is 2.00 bits per heavy atom. The molecule has 1 rings (SSSR count). The molecule has 0 radical (unpaired) electrons. The highest BCUT2D eigenvalue weighted by Gasteiger charge is 2.10. The number of rotatable bonds is 6. The predicted molar refractivity (Wildman–Crippen MR) is 72.5 cm³/mol. The van der Waals surface area contributed by atoms with Crippen molar-refractivity contribution in [3.63, 3.8) is 0 Å². The summed E-state index contributed by atoms with van der Waals surface area (Å²) >= 11 is 0. The number of aryl methyl sites for hydroxylation is 1. The molecule has 0 aliphatic heterocycles. The average molecular weight is 256 g/mol. The third-order valence-corrected chi connectivity index (χ3v) is 3.94. The highest BCUT2D eigenvalue weighted by atomic mass is 32.2. The monoisotopic (exact) mass is 256 g/mol. The van der Waals surface area contributed by atoms with Crippen molar-refractivity contribution < 1.29 is 8.42 Å². The highest BCUT2D eigenvalue weighted by molar-refractivity contribution is 7.92. The van der Waals surface area contributed by atoms with Crippen molar-refractivity contribution in [2.75, 3.05) is 16.2 Å². The Labute approximate surface area is 103 Å². The second-order valence-corrected chi connectivity index (χ2v) is 5.88. The zero-order valence-corrected chi connectivity index (χ0v) is 11.2. The minimum absolute atomic E-state index is 0.152. The molecule has 3 N–H and O–H groups in total. The minimum atomic E-state index is -3.24. The molecule has 0 unspecified atom stereocenters. The van der Waals surface area contributed by atoms with E-state index in [-0.39, 0.29) is 5.75 Å². The van der Waals surface area contributed by atoms with E-state index in [9.17, 15) is 8.42 Å². The number of hydrogen-bond donors (Lipinski definition) is 2. The van der Waals surface area contributed by atoms with Gasteiger partial charge in [-0.05, 0) is 30.5 Å². The van der Waals surface area contributed by atoms with Crippen molar-refractivity contribution in [1.29, 1.82) is 0 Å². The lowest BCUT2D eigenvalue weighted by atomic mass is 10.1. The first-order chi connectivity index (χ1) is 7.98. The van der Waals surface area contributed by atoms with Gasteiger partial charge in [0.05, 0.1) is 11.4 Å². The number of anilines is 2. The minimum Gasteiger partial charge on any atom is -0.398 e. The van der Waals surface area contributed by atoms with Crippen LogP contribution < -0.4 is 10.5 Å². The molecule has 0 aromatic heterocycles. The number of nitrogens with one attached hydrogen (secondary N) is 1. The maximum absolute atomic E-state index is 11.7. The summed E-state index contributed by atoms with van der Waals surface area (Å²) in [4.78, 5) is 0. The summed E-state index contributed by atoms with van der Waals surface area (Å²) in [6, 6.07) is 5.27. The first kappa shape index (κ1) is 13.8. The van der Waals surface area contributed by atoms with E-state index in [2.05, 4.69) is 4.72 Å². The van der Waals surface area contributed by atoms with Crippen LogP contribution in [0.15, 0.2) is 18.2 Å². The van der Waals surface area contributed by atoms with Gasteiger partial charge < -0.3 is 5.73 Å². The van der Waals surface area contributed by atoms with Crippen LogP contribution in [0, 0.1) is 0 Å². The summed E-state index contributed by atoms with van der Waals surface area (Å²) in [7, 11) is -3.24. The second kappa shape index (κ2) is 5.91. The van der Waals surface area contributed by atoms with Gasteiger partial charge in [-0.3, -0.25) is 4.72 Å². The summed E-state index contributed by atoms with van der Waals surface area (Å²) in [6.07, 6.45) is 2.37. The largest absolute Gasteiger partial charge is 0.398 e. The number of sulfonamides is 1. The number of nitrogens with two attached hydrogens (primary N) is 1. The second-order valence-electron chi connectivity index (χ2n) is 4.04. The van der Waals surface area contributed by atoms with E-state index in [0.29, 0.717) is 17.8 Å². The molecular weight excluding hydrogens is 236 g/mol. The lowest BCUT2D eigenvalue weighted by Crippen LogP contribution is -2.16. The van der Waals surface area contributed by atoms with E-state index in [1.165, 1.54) is 0 Å². The van der Waals surface area contributed by atoms with Gasteiger partial charge in [0.15, 0.2) is 0 Å². The maximum atomic E-state index is 11.7. The highest BCUT2D eigenvalue weighted by Crippen LogP contribution is 2.19. The Morgan fingerprint density at radius 3 is 2.53 bits per heavy atom. The molecule has 0 heterocycles. The number of benzene rings is 1. The van der Waals surface area contributed by atoms with Crippen LogP contribution in [0.1, 0.15) is 32.3 Å². The van der Waals surface area contributed by atoms with E-state index in [4.69, 9.17) is 5.73 Å². The Bertz CT molecular complexity index is 469. The van der Waals surface area contributed by atoms with Crippen molar-refractivity contribution in [3.8, 4) is 0 Å². The Morgan fingerprint density at radius 1 is 1.29 bits per heavy atom. The molecule has 0 saturated carbocycles. The number of nitrogen functional groups attached to an aromatic ring is 1. The van der Waals surface area contributed by atoms with Crippen LogP contribution >= 0.6 is 0 Å². The molecule has 0 saturated heterocycles. The zero-order valence-electron chi connectivity index (χ0n) is 10.4. The van der Waals surface area contributed by atoms with E-state index >= 15 is 0 Å².